The third kappa shape index (κ3) is 2.31. The van der Waals surface area contributed by atoms with Crippen molar-refractivity contribution in [3.05, 3.63) is 53.1 Å². The monoisotopic (exact) mass is 346 g/mol. The molecular weight excluding hydrogens is 329 g/mol. The van der Waals surface area contributed by atoms with Crippen molar-refractivity contribution >= 4 is 11.6 Å². The molecule has 1 amide bonds. The number of nitrogens with zero attached hydrogens (tertiary/aromatic N) is 1. The van der Waals surface area contributed by atoms with Crippen LogP contribution in [0.3, 0.4) is 0 Å². The van der Waals surface area contributed by atoms with Crippen LogP contribution in [0, 0.1) is 6.92 Å². The molecule has 1 aliphatic carbocycles. The van der Waals surface area contributed by atoms with Crippen molar-refractivity contribution < 1.29 is 18.0 Å². The Morgan fingerprint density at radius 2 is 1.80 bits per heavy atom. The lowest BCUT2D eigenvalue weighted by molar-refractivity contribution is -0.119. The molecule has 1 aliphatic heterocycles. The van der Waals surface area contributed by atoms with E-state index in [1.54, 1.807) is 31.2 Å². The van der Waals surface area contributed by atoms with E-state index < -0.39 is 24.0 Å². The van der Waals surface area contributed by atoms with Crippen LogP contribution in [0.1, 0.15) is 23.1 Å². The lowest BCUT2D eigenvalue weighted by Gasteiger charge is -2.25. The highest BCUT2D eigenvalue weighted by Gasteiger charge is 2.45. The molecule has 2 atom stereocenters. The van der Waals surface area contributed by atoms with Gasteiger partial charge in [-0.3, -0.25) is 4.79 Å². The quantitative estimate of drug-likeness (QED) is 0.904. The Hall–Kier alpha value is -2.50. The molecule has 6 heteroatoms. The summed E-state index contributed by atoms with van der Waals surface area (Å²) in [6.07, 6.45) is -1.21. The SMILES string of the molecule is Cc1ccc2c(c1)C(F)(F)c1cc(N3CC(F)CC3C(N)=O)ccc1-2. The largest absolute Gasteiger partial charge is 0.368 e. The van der Waals surface area contributed by atoms with Crippen LogP contribution in [0.5, 0.6) is 0 Å². The van der Waals surface area contributed by atoms with Crippen molar-refractivity contribution in [2.45, 2.75) is 31.5 Å². The topological polar surface area (TPSA) is 46.3 Å². The maximum atomic E-state index is 14.9. The number of nitrogens with two attached hydrogens (primary N) is 1. The third-order valence-electron chi connectivity index (χ3n) is 5.06. The van der Waals surface area contributed by atoms with E-state index in [1.807, 2.05) is 0 Å². The average molecular weight is 346 g/mol. The summed E-state index contributed by atoms with van der Waals surface area (Å²) in [7, 11) is 0. The van der Waals surface area contributed by atoms with E-state index in [1.165, 1.54) is 17.0 Å². The molecule has 0 aromatic heterocycles. The van der Waals surface area contributed by atoms with E-state index in [4.69, 9.17) is 5.73 Å². The van der Waals surface area contributed by atoms with Gasteiger partial charge in [0.1, 0.15) is 12.2 Å². The molecule has 2 unspecified atom stereocenters. The molecule has 1 saturated heterocycles. The van der Waals surface area contributed by atoms with Gasteiger partial charge in [-0.25, -0.2) is 4.39 Å². The summed E-state index contributed by atoms with van der Waals surface area (Å²) in [6.45, 7) is 1.75. The van der Waals surface area contributed by atoms with E-state index in [0.717, 1.165) is 5.56 Å². The molecule has 2 aromatic carbocycles. The molecule has 2 N–H and O–H groups in total. The van der Waals surface area contributed by atoms with Crippen LogP contribution in [-0.2, 0) is 10.7 Å². The molecule has 1 heterocycles. The zero-order valence-corrected chi connectivity index (χ0v) is 13.6. The molecule has 2 aromatic rings. The summed E-state index contributed by atoms with van der Waals surface area (Å²) in [5.41, 5.74) is 7.35. The predicted molar refractivity (Wildman–Crippen MR) is 89.5 cm³/mol. The molecule has 0 spiro atoms. The van der Waals surface area contributed by atoms with Crippen molar-refractivity contribution in [2.24, 2.45) is 5.73 Å². The molecule has 0 saturated carbocycles. The molecule has 130 valence electrons. The molecule has 3 nitrogen and oxygen atoms in total. The minimum atomic E-state index is -3.12. The minimum Gasteiger partial charge on any atom is -0.368 e. The number of halogens is 3. The highest BCUT2D eigenvalue weighted by molar-refractivity contribution is 5.86. The van der Waals surface area contributed by atoms with E-state index in [2.05, 4.69) is 0 Å². The molecule has 2 aliphatic rings. The van der Waals surface area contributed by atoms with Crippen LogP contribution in [-0.4, -0.2) is 24.7 Å². The van der Waals surface area contributed by atoms with Crippen molar-refractivity contribution in [3.8, 4) is 11.1 Å². The number of benzene rings is 2. The summed E-state index contributed by atoms with van der Waals surface area (Å²) < 4.78 is 43.6. The summed E-state index contributed by atoms with van der Waals surface area (Å²) in [4.78, 5) is 13.1. The number of alkyl halides is 3. The number of carbonyl (C=O) groups is 1. The molecular formula is C19H17F3N2O. The normalized spacial score (nSPS) is 23.4. The van der Waals surface area contributed by atoms with Crippen LogP contribution < -0.4 is 10.6 Å². The Morgan fingerprint density at radius 1 is 1.16 bits per heavy atom. The second-order valence-corrected chi connectivity index (χ2v) is 6.76. The Bertz CT molecular complexity index is 881. The van der Waals surface area contributed by atoms with Crippen LogP contribution in [0.25, 0.3) is 11.1 Å². The number of rotatable bonds is 2. The van der Waals surface area contributed by atoms with Crippen LogP contribution in [0.2, 0.25) is 0 Å². The van der Waals surface area contributed by atoms with Crippen molar-refractivity contribution in [3.63, 3.8) is 0 Å². The number of primary amides is 1. The number of hydrogen-bond donors (Lipinski definition) is 1. The van der Waals surface area contributed by atoms with Gasteiger partial charge in [-0.1, -0.05) is 23.8 Å². The highest BCUT2D eigenvalue weighted by atomic mass is 19.3. The molecule has 25 heavy (non-hydrogen) atoms. The van der Waals surface area contributed by atoms with E-state index in [9.17, 15) is 18.0 Å². The average Bonchev–Trinajstić information content (AvgIpc) is 3.05. The zero-order chi connectivity index (χ0) is 17.9. The zero-order valence-electron chi connectivity index (χ0n) is 13.6. The van der Waals surface area contributed by atoms with Gasteiger partial charge in [0, 0.05) is 23.2 Å². The first-order chi connectivity index (χ1) is 11.8. The fourth-order valence-electron chi connectivity index (χ4n) is 3.84. The Morgan fingerprint density at radius 3 is 2.48 bits per heavy atom. The van der Waals surface area contributed by atoms with Crippen LogP contribution >= 0.6 is 0 Å². The van der Waals surface area contributed by atoms with E-state index >= 15 is 0 Å². The smallest absolute Gasteiger partial charge is 0.299 e. The Balaban J connectivity index is 1.81. The van der Waals surface area contributed by atoms with Crippen molar-refractivity contribution in [1.29, 1.82) is 0 Å². The van der Waals surface area contributed by atoms with Gasteiger partial charge < -0.3 is 10.6 Å². The molecule has 1 fully saturated rings. The number of aryl methyl sites for hydroxylation is 1. The van der Waals surface area contributed by atoms with Gasteiger partial charge in [0.25, 0.3) is 5.92 Å². The van der Waals surface area contributed by atoms with Gasteiger partial charge in [0.15, 0.2) is 0 Å². The predicted octanol–water partition coefficient (Wildman–Crippen LogP) is 3.52. The second-order valence-electron chi connectivity index (χ2n) is 6.76. The van der Waals surface area contributed by atoms with Gasteiger partial charge >= 0.3 is 0 Å². The fourth-order valence-corrected chi connectivity index (χ4v) is 3.84. The number of amides is 1. The standard InChI is InChI=1S/C19H17F3N2O/c1-10-2-4-13-14-5-3-12(8-16(14)19(21,22)15(13)6-10)24-9-11(20)7-17(24)18(23)25/h2-6,8,11,17H,7,9H2,1H3,(H2,23,25). The lowest BCUT2D eigenvalue weighted by Crippen LogP contribution is -2.40. The van der Waals surface area contributed by atoms with Crippen molar-refractivity contribution in [2.75, 3.05) is 11.4 Å². The number of carbonyl (C=O) groups excluding carboxylic acids is 1. The molecule has 0 bridgehead atoms. The maximum Gasteiger partial charge on any atom is 0.299 e. The first-order valence-electron chi connectivity index (χ1n) is 8.13. The van der Waals surface area contributed by atoms with Gasteiger partial charge in [0.05, 0.1) is 6.54 Å². The molecule has 4 rings (SSSR count). The lowest BCUT2D eigenvalue weighted by atomic mass is 10.0. The van der Waals surface area contributed by atoms with E-state index in [0.29, 0.717) is 16.8 Å². The van der Waals surface area contributed by atoms with Gasteiger partial charge in [-0.15, -0.1) is 0 Å². The van der Waals surface area contributed by atoms with Gasteiger partial charge in [-0.2, -0.15) is 8.78 Å². The van der Waals surface area contributed by atoms with E-state index in [-0.39, 0.29) is 24.1 Å². The third-order valence-corrected chi connectivity index (χ3v) is 5.06. The fraction of sp³-hybridized carbons (Fsp3) is 0.316. The summed E-state index contributed by atoms with van der Waals surface area (Å²) in [5, 5.41) is 0. The van der Waals surface area contributed by atoms with Gasteiger partial charge in [0.2, 0.25) is 5.91 Å². The maximum absolute atomic E-state index is 14.9. The summed E-state index contributed by atoms with van der Waals surface area (Å²) in [6, 6.07) is 8.81. The number of fused-ring (bicyclic) bond motifs is 3. The first-order valence-corrected chi connectivity index (χ1v) is 8.13. The number of anilines is 1. The summed E-state index contributed by atoms with van der Waals surface area (Å²) in [5.74, 6) is -3.77. The Kier molecular flexibility index (Phi) is 3.36. The Labute approximate surface area is 143 Å². The number of hydrogen-bond acceptors (Lipinski definition) is 2. The van der Waals surface area contributed by atoms with Crippen LogP contribution in [0.15, 0.2) is 36.4 Å². The first kappa shape index (κ1) is 16.0. The second kappa shape index (κ2) is 5.25. The summed E-state index contributed by atoms with van der Waals surface area (Å²) >= 11 is 0. The van der Waals surface area contributed by atoms with Crippen LogP contribution in [0.4, 0.5) is 18.9 Å². The molecule has 0 radical (unpaired) electrons. The van der Waals surface area contributed by atoms with Gasteiger partial charge in [-0.05, 0) is 36.2 Å². The van der Waals surface area contributed by atoms with Crippen molar-refractivity contribution in [1.82, 2.24) is 0 Å². The highest BCUT2D eigenvalue weighted by Crippen LogP contribution is 2.52. The minimum absolute atomic E-state index is 0.0117.